The highest BCUT2D eigenvalue weighted by Crippen LogP contribution is 2.32. The van der Waals surface area contributed by atoms with Crippen LogP contribution in [0.3, 0.4) is 0 Å². The molecular weight excluding hydrogens is 357 g/mol. The number of amides is 1. The van der Waals surface area contributed by atoms with Crippen LogP contribution in [0.2, 0.25) is 0 Å². The molecule has 1 aliphatic carbocycles. The fourth-order valence-electron chi connectivity index (χ4n) is 1.89. The second kappa shape index (κ2) is 6.58. The van der Waals surface area contributed by atoms with E-state index >= 15 is 0 Å². The molecule has 0 spiro atoms. The van der Waals surface area contributed by atoms with Crippen LogP contribution in [0.25, 0.3) is 0 Å². The third-order valence-corrected chi connectivity index (χ3v) is 3.48. The van der Waals surface area contributed by atoms with Crippen molar-refractivity contribution in [2.45, 2.75) is 45.8 Å². The molecule has 1 N–H and O–H groups in total. The van der Waals surface area contributed by atoms with Gasteiger partial charge in [-0.1, -0.05) is 0 Å². The lowest BCUT2D eigenvalue weighted by molar-refractivity contribution is 0.115. The molecule has 0 aromatic carbocycles. The summed E-state index contributed by atoms with van der Waals surface area (Å²) in [5, 5.41) is 2.76. The Labute approximate surface area is 127 Å². The lowest BCUT2D eigenvalue weighted by Crippen LogP contribution is -2.30. The Balaban J connectivity index is 1.79. The number of rotatable bonds is 6. The SMILES string of the molecule is CC(C)OC(=O)NCCn1cc(I)nc1CC1CC1. The highest BCUT2D eigenvalue weighted by molar-refractivity contribution is 14.1. The minimum absolute atomic E-state index is 0.0837. The van der Waals surface area contributed by atoms with Crippen molar-refractivity contribution in [1.82, 2.24) is 14.9 Å². The van der Waals surface area contributed by atoms with E-state index in [-0.39, 0.29) is 12.2 Å². The Morgan fingerprint density at radius 2 is 2.37 bits per heavy atom. The van der Waals surface area contributed by atoms with Gasteiger partial charge in [0.15, 0.2) is 0 Å². The molecule has 1 heterocycles. The van der Waals surface area contributed by atoms with Crippen LogP contribution in [0.15, 0.2) is 6.20 Å². The Bertz CT molecular complexity index is 441. The predicted octanol–water partition coefficient (Wildman–Crippen LogP) is 2.57. The van der Waals surface area contributed by atoms with Crippen LogP contribution in [0.5, 0.6) is 0 Å². The highest BCUT2D eigenvalue weighted by atomic mass is 127. The summed E-state index contributed by atoms with van der Waals surface area (Å²) in [4.78, 5) is 15.9. The molecule has 1 aromatic rings. The number of hydrogen-bond acceptors (Lipinski definition) is 3. The summed E-state index contributed by atoms with van der Waals surface area (Å²) in [6, 6.07) is 0. The van der Waals surface area contributed by atoms with Gasteiger partial charge in [-0.25, -0.2) is 9.78 Å². The zero-order chi connectivity index (χ0) is 13.8. The number of carbonyl (C=O) groups excluding carboxylic acids is 1. The second-order valence-electron chi connectivity index (χ2n) is 5.20. The molecule has 19 heavy (non-hydrogen) atoms. The van der Waals surface area contributed by atoms with Crippen molar-refractivity contribution in [3.8, 4) is 0 Å². The molecule has 1 amide bonds. The van der Waals surface area contributed by atoms with Crippen LogP contribution in [0.1, 0.15) is 32.5 Å². The number of nitrogens with one attached hydrogen (secondary N) is 1. The largest absolute Gasteiger partial charge is 0.447 e. The monoisotopic (exact) mass is 377 g/mol. The van der Waals surface area contributed by atoms with Gasteiger partial charge in [0.25, 0.3) is 0 Å². The Morgan fingerprint density at radius 3 is 3.00 bits per heavy atom. The molecule has 0 unspecified atom stereocenters. The van der Waals surface area contributed by atoms with Crippen molar-refractivity contribution in [2.75, 3.05) is 6.54 Å². The Kier molecular flexibility index (Phi) is 5.06. The first-order chi connectivity index (χ1) is 9.04. The van der Waals surface area contributed by atoms with E-state index < -0.39 is 0 Å². The van der Waals surface area contributed by atoms with Gasteiger partial charge in [-0.05, 0) is 55.2 Å². The molecule has 1 aromatic heterocycles. The number of carbonyl (C=O) groups is 1. The second-order valence-corrected chi connectivity index (χ2v) is 6.31. The van der Waals surface area contributed by atoms with Crippen molar-refractivity contribution in [1.29, 1.82) is 0 Å². The van der Waals surface area contributed by atoms with Gasteiger partial charge in [0, 0.05) is 25.7 Å². The molecule has 1 aliphatic rings. The van der Waals surface area contributed by atoms with Crippen LogP contribution >= 0.6 is 22.6 Å². The number of ether oxygens (including phenoxy) is 1. The number of halogens is 1. The summed E-state index contributed by atoms with van der Waals surface area (Å²) in [5.74, 6) is 1.95. The first-order valence-corrected chi connectivity index (χ1v) is 7.78. The van der Waals surface area contributed by atoms with Crippen molar-refractivity contribution < 1.29 is 9.53 Å². The van der Waals surface area contributed by atoms with E-state index in [0.717, 1.165) is 28.4 Å². The molecule has 5 nitrogen and oxygen atoms in total. The van der Waals surface area contributed by atoms with Crippen LogP contribution < -0.4 is 5.32 Å². The Hall–Kier alpha value is -0.790. The van der Waals surface area contributed by atoms with E-state index in [4.69, 9.17) is 4.74 Å². The highest BCUT2D eigenvalue weighted by Gasteiger charge is 2.24. The van der Waals surface area contributed by atoms with Crippen LogP contribution in [-0.4, -0.2) is 28.3 Å². The van der Waals surface area contributed by atoms with Gasteiger partial charge < -0.3 is 14.6 Å². The summed E-state index contributed by atoms with van der Waals surface area (Å²) in [6.07, 6.45) is 5.30. The molecule has 1 saturated carbocycles. The molecule has 6 heteroatoms. The average molecular weight is 377 g/mol. The predicted molar refractivity (Wildman–Crippen MR) is 81.0 cm³/mol. The first-order valence-electron chi connectivity index (χ1n) is 6.70. The molecule has 2 rings (SSSR count). The van der Waals surface area contributed by atoms with E-state index in [1.807, 2.05) is 20.0 Å². The van der Waals surface area contributed by atoms with Crippen molar-refractivity contribution >= 4 is 28.7 Å². The van der Waals surface area contributed by atoms with Gasteiger partial charge in [-0.2, -0.15) is 0 Å². The maximum atomic E-state index is 11.4. The summed E-state index contributed by atoms with van der Waals surface area (Å²) in [5.41, 5.74) is 0. The molecule has 0 atom stereocenters. The van der Waals surface area contributed by atoms with Crippen molar-refractivity contribution in [2.24, 2.45) is 5.92 Å². The number of imidazole rings is 1. The van der Waals surface area contributed by atoms with Gasteiger partial charge in [0.05, 0.1) is 6.10 Å². The lowest BCUT2D eigenvalue weighted by Gasteiger charge is -2.11. The van der Waals surface area contributed by atoms with E-state index in [0.29, 0.717) is 6.54 Å². The molecule has 106 valence electrons. The van der Waals surface area contributed by atoms with Gasteiger partial charge in [0.1, 0.15) is 9.53 Å². The maximum Gasteiger partial charge on any atom is 0.407 e. The smallest absolute Gasteiger partial charge is 0.407 e. The first kappa shape index (κ1) is 14.6. The van der Waals surface area contributed by atoms with Crippen molar-refractivity contribution in [3.63, 3.8) is 0 Å². The van der Waals surface area contributed by atoms with Gasteiger partial charge >= 0.3 is 6.09 Å². The molecule has 0 saturated heterocycles. The van der Waals surface area contributed by atoms with E-state index in [1.54, 1.807) is 0 Å². The van der Waals surface area contributed by atoms with Crippen LogP contribution in [0.4, 0.5) is 4.79 Å². The van der Waals surface area contributed by atoms with E-state index in [2.05, 4.69) is 37.5 Å². The zero-order valence-electron chi connectivity index (χ0n) is 11.4. The fraction of sp³-hybridized carbons (Fsp3) is 0.692. The topological polar surface area (TPSA) is 56.1 Å². The summed E-state index contributed by atoms with van der Waals surface area (Å²) in [6.45, 7) is 4.98. The molecule has 0 aliphatic heterocycles. The quantitative estimate of drug-likeness (QED) is 0.776. The summed E-state index contributed by atoms with van der Waals surface area (Å²) < 4.78 is 8.17. The number of nitrogens with zero attached hydrogens (tertiary/aromatic N) is 2. The minimum atomic E-state index is -0.353. The summed E-state index contributed by atoms with van der Waals surface area (Å²) in [7, 11) is 0. The van der Waals surface area contributed by atoms with Gasteiger partial charge in [-0.15, -0.1) is 0 Å². The number of alkyl carbamates (subject to hydrolysis) is 1. The minimum Gasteiger partial charge on any atom is -0.447 e. The normalized spacial score (nSPS) is 14.7. The number of aromatic nitrogens is 2. The molecule has 0 radical (unpaired) electrons. The standard InChI is InChI=1S/C13H20IN3O2/c1-9(2)19-13(18)15-5-6-17-8-11(14)16-12(17)7-10-3-4-10/h8-10H,3-7H2,1-2H3,(H,15,18). The number of hydrogen-bond donors (Lipinski definition) is 1. The van der Waals surface area contributed by atoms with Crippen molar-refractivity contribution in [3.05, 3.63) is 15.7 Å². The third kappa shape index (κ3) is 5.00. The molecular formula is C13H20IN3O2. The van der Waals surface area contributed by atoms with Gasteiger partial charge in [0.2, 0.25) is 0 Å². The van der Waals surface area contributed by atoms with Gasteiger partial charge in [-0.3, -0.25) is 0 Å². The zero-order valence-corrected chi connectivity index (χ0v) is 13.5. The maximum absolute atomic E-state index is 11.4. The lowest BCUT2D eigenvalue weighted by atomic mass is 10.3. The average Bonchev–Trinajstić information content (AvgIpc) is 3.03. The Morgan fingerprint density at radius 1 is 1.63 bits per heavy atom. The summed E-state index contributed by atoms with van der Waals surface area (Å²) >= 11 is 2.23. The molecule has 1 fully saturated rings. The fourth-order valence-corrected chi connectivity index (χ4v) is 2.50. The third-order valence-electron chi connectivity index (χ3n) is 2.96. The van der Waals surface area contributed by atoms with Crippen LogP contribution in [0, 0.1) is 9.62 Å². The van der Waals surface area contributed by atoms with Crippen LogP contribution in [-0.2, 0) is 17.7 Å². The van der Waals surface area contributed by atoms with E-state index in [1.165, 1.54) is 12.8 Å². The molecule has 0 bridgehead atoms. The van der Waals surface area contributed by atoms with E-state index in [9.17, 15) is 4.79 Å².